The van der Waals surface area contributed by atoms with Crippen molar-refractivity contribution in [2.24, 2.45) is 17.8 Å². The molecule has 1 amide bonds. The lowest BCUT2D eigenvalue weighted by molar-refractivity contribution is 0.0916. The second kappa shape index (κ2) is 7.18. The van der Waals surface area contributed by atoms with Gasteiger partial charge in [0.1, 0.15) is 0 Å². The average Bonchev–Trinajstić information content (AvgIpc) is 3.28. The van der Waals surface area contributed by atoms with E-state index in [4.69, 9.17) is 10.1 Å². The lowest BCUT2D eigenvalue weighted by Crippen LogP contribution is -2.40. The molecule has 5 nitrogen and oxygen atoms in total. The maximum atomic E-state index is 13.5. The molecule has 5 heteroatoms. The summed E-state index contributed by atoms with van der Waals surface area (Å²) in [6, 6.07) is 12.3. The summed E-state index contributed by atoms with van der Waals surface area (Å²) in [5.74, 6) is 2.80. The van der Waals surface area contributed by atoms with Gasteiger partial charge in [-0.25, -0.2) is 9.67 Å². The number of amides is 1. The first-order valence-electron chi connectivity index (χ1n) is 11.8. The van der Waals surface area contributed by atoms with Crippen LogP contribution in [-0.4, -0.2) is 26.7 Å². The lowest BCUT2D eigenvalue weighted by Gasteiger charge is -2.28. The second-order valence-electron chi connectivity index (χ2n) is 10.0. The predicted octanol–water partition coefficient (Wildman–Crippen LogP) is 5.16. The van der Waals surface area contributed by atoms with E-state index < -0.39 is 0 Å². The van der Waals surface area contributed by atoms with Crippen molar-refractivity contribution in [3.63, 3.8) is 0 Å². The van der Waals surface area contributed by atoms with Crippen molar-refractivity contribution in [3.05, 3.63) is 53.3 Å². The smallest absolute Gasteiger partial charge is 0.252 e. The minimum atomic E-state index is 0.0280. The molecule has 6 rings (SSSR count). The average molecular weight is 415 g/mol. The number of pyridine rings is 1. The summed E-state index contributed by atoms with van der Waals surface area (Å²) in [6.07, 6.45) is 7.66. The van der Waals surface area contributed by atoms with Gasteiger partial charge in [-0.05, 0) is 81.9 Å². The van der Waals surface area contributed by atoms with Gasteiger partial charge in [0, 0.05) is 17.7 Å². The summed E-state index contributed by atoms with van der Waals surface area (Å²) < 4.78 is 1.90. The number of benzene rings is 1. The maximum absolute atomic E-state index is 13.5. The number of rotatable bonds is 5. The summed E-state index contributed by atoms with van der Waals surface area (Å²) in [7, 11) is 0. The van der Waals surface area contributed by atoms with E-state index in [-0.39, 0.29) is 11.9 Å². The van der Waals surface area contributed by atoms with Gasteiger partial charge in [-0.15, -0.1) is 0 Å². The Kier molecular flexibility index (Phi) is 4.41. The Bertz CT molecular complexity index is 1150. The van der Waals surface area contributed by atoms with E-state index in [9.17, 15) is 4.79 Å². The molecule has 31 heavy (non-hydrogen) atoms. The Labute approximate surface area is 183 Å². The molecule has 3 fully saturated rings. The molecule has 3 aliphatic rings. The Hall–Kier alpha value is -2.69. The second-order valence-corrected chi connectivity index (χ2v) is 10.0. The molecule has 1 N–H and O–H groups in total. The topological polar surface area (TPSA) is 59.8 Å². The molecular weight excluding hydrogens is 384 g/mol. The van der Waals surface area contributed by atoms with Crippen molar-refractivity contribution < 1.29 is 4.79 Å². The molecule has 3 saturated carbocycles. The summed E-state index contributed by atoms with van der Waals surface area (Å²) >= 11 is 0. The molecule has 1 aromatic carbocycles. The third kappa shape index (κ3) is 3.26. The molecule has 0 radical (unpaired) electrons. The van der Waals surface area contributed by atoms with Crippen LogP contribution in [0.2, 0.25) is 0 Å². The van der Waals surface area contributed by atoms with E-state index >= 15 is 0 Å². The summed E-state index contributed by atoms with van der Waals surface area (Å²) in [4.78, 5) is 18.5. The molecule has 0 spiro atoms. The summed E-state index contributed by atoms with van der Waals surface area (Å²) in [5, 5.41) is 9.04. The van der Waals surface area contributed by atoms with Crippen LogP contribution in [-0.2, 0) is 0 Å². The van der Waals surface area contributed by atoms with Gasteiger partial charge in [0.05, 0.1) is 22.3 Å². The Morgan fingerprint density at radius 1 is 1.13 bits per heavy atom. The van der Waals surface area contributed by atoms with Crippen LogP contribution < -0.4 is 5.32 Å². The van der Waals surface area contributed by atoms with Crippen molar-refractivity contribution in [1.82, 2.24) is 20.1 Å². The van der Waals surface area contributed by atoms with Gasteiger partial charge >= 0.3 is 0 Å². The van der Waals surface area contributed by atoms with Gasteiger partial charge in [-0.3, -0.25) is 4.79 Å². The Morgan fingerprint density at radius 3 is 2.61 bits per heavy atom. The molecule has 4 atom stereocenters. The van der Waals surface area contributed by atoms with E-state index in [2.05, 4.69) is 12.2 Å². The number of nitrogens with one attached hydrogen (secondary N) is 1. The van der Waals surface area contributed by atoms with Crippen LogP contribution in [0.1, 0.15) is 73.1 Å². The number of nitrogens with zero attached hydrogens (tertiary/aromatic N) is 3. The number of carbonyl (C=O) groups is 1. The van der Waals surface area contributed by atoms with Crippen LogP contribution in [0, 0.1) is 24.7 Å². The van der Waals surface area contributed by atoms with Crippen LogP contribution in [0.15, 0.2) is 36.4 Å². The van der Waals surface area contributed by atoms with Crippen molar-refractivity contribution in [1.29, 1.82) is 0 Å². The SMILES string of the molecule is Cc1nn(-c2ccccc2)c2nc(C3CC3)cc(C(=O)NC(C)C3CC4CCC3C4)c12. The number of hydrogen-bond acceptors (Lipinski definition) is 3. The zero-order valence-corrected chi connectivity index (χ0v) is 18.3. The van der Waals surface area contributed by atoms with Gasteiger partial charge in [-0.1, -0.05) is 24.6 Å². The third-order valence-electron chi connectivity index (χ3n) is 7.87. The largest absolute Gasteiger partial charge is 0.349 e. The quantitative estimate of drug-likeness (QED) is 0.627. The normalized spacial score (nSPS) is 25.8. The zero-order valence-electron chi connectivity index (χ0n) is 18.3. The van der Waals surface area contributed by atoms with Gasteiger partial charge in [0.2, 0.25) is 0 Å². The van der Waals surface area contributed by atoms with Crippen molar-refractivity contribution in [3.8, 4) is 5.69 Å². The highest BCUT2D eigenvalue weighted by molar-refractivity contribution is 6.07. The molecule has 2 heterocycles. The number of aromatic nitrogens is 3. The first-order chi connectivity index (χ1) is 15.1. The van der Waals surface area contributed by atoms with E-state index in [1.165, 1.54) is 25.7 Å². The fraction of sp³-hybridized carbons (Fsp3) is 0.500. The number of fused-ring (bicyclic) bond motifs is 3. The lowest BCUT2D eigenvalue weighted by atomic mass is 9.84. The molecule has 4 unspecified atom stereocenters. The Morgan fingerprint density at radius 2 is 1.94 bits per heavy atom. The van der Waals surface area contributed by atoms with E-state index in [0.717, 1.165) is 58.3 Å². The zero-order chi connectivity index (χ0) is 21.1. The first kappa shape index (κ1) is 19.0. The maximum Gasteiger partial charge on any atom is 0.252 e. The number of hydrogen-bond donors (Lipinski definition) is 1. The molecule has 0 aliphatic heterocycles. The van der Waals surface area contributed by atoms with Crippen LogP contribution in [0.25, 0.3) is 16.7 Å². The molecule has 2 aromatic heterocycles. The highest BCUT2D eigenvalue weighted by Crippen LogP contribution is 2.49. The minimum absolute atomic E-state index is 0.0280. The monoisotopic (exact) mass is 414 g/mol. The van der Waals surface area contributed by atoms with Gasteiger partial charge in [-0.2, -0.15) is 5.10 Å². The van der Waals surface area contributed by atoms with E-state index in [0.29, 0.717) is 11.8 Å². The van der Waals surface area contributed by atoms with Crippen molar-refractivity contribution in [2.75, 3.05) is 0 Å². The highest BCUT2D eigenvalue weighted by atomic mass is 16.1. The first-order valence-corrected chi connectivity index (χ1v) is 11.8. The molecular formula is C26H30N4O. The fourth-order valence-corrected chi connectivity index (χ4v) is 6.12. The fourth-order valence-electron chi connectivity index (χ4n) is 6.12. The molecule has 2 bridgehead atoms. The van der Waals surface area contributed by atoms with Crippen LogP contribution in [0.4, 0.5) is 0 Å². The molecule has 160 valence electrons. The molecule has 3 aromatic rings. The standard InChI is InChI=1S/C26H30N4O/c1-15(21-13-17-8-9-19(21)12-17)27-26(31)22-14-23(18-10-11-18)28-25-24(22)16(2)29-30(25)20-6-4-3-5-7-20/h3-7,14-15,17-19,21H,8-13H2,1-2H3,(H,27,31). The number of para-hydroxylation sites is 1. The third-order valence-corrected chi connectivity index (χ3v) is 7.87. The van der Waals surface area contributed by atoms with Crippen molar-refractivity contribution in [2.45, 2.75) is 64.3 Å². The molecule has 3 aliphatic carbocycles. The minimum Gasteiger partial charge on any atom is -0.349 e. The van der Waals surface area contributed by atoms with Gasteiger partial charge in [0.15, 0.2) is 5.65 Å². The van der Waals surface area contributed by atoms with Crippen molar-refractivity contribution >= 4 is 16.9 Å². The van der Waals surface area contributed by atoms with E-state index in [1.54, 1.807) is 0 Å². The number of aryl methyl sites for hydroxylation is 1. The summed E-state index contributed by atoms with van der Waals surface area (Å²) in [6.45, 7) is 4.18. The van der Waals surface area contributed by atoms with Crippen LogP contribution in [0.5, 0.6) is 0 Å². The predicted molar refractivity (Wildman–Crippen MR) is 121 cm³/mol. The highest BCUT2D eigenvalue weighted by Gasteiger charge is 2.42. The summed E-state index contributed by atoms with van der Waals surface area (Å²) in [5.41, 5.74) is 4.39. The Balaban J connectivity index is 1.39. The van der Waals surface area contributed by atoms with E-state index in [1.807, 2.05) is 48.0 Å². The number of carbonyl (C=O) groups excluding carboxylic acids is 1. The van der Waals surface area contributed by atoms with Gasteiger partial charge < -0.3 is 5.32 Å². The molecule has 0 saturated heterocycles. The van der Waals surface area contributed by atoms with Crippen LogP contribution in [0.3, 0.4) is 0 Å². The van der Waals surface area contributed by atoms with Gasteiger partial charge in [0.25, 0.3) is 5.91 Å². The van der Waals surface area contributed by atoms with Crippen LogP contribution >= 0.6 is 0 Å².